The number of anilines is 3. The van der Waals surface area contributed by atoms with E-state index in [4.69, 9.17) is 4.98 Å². The summed E-state index contributed by atoms with van der Waals surface area (Å²) in [7, 11) is 0. The van der Waals surface area contributed by atoms with Gasteiger partial charge in [0.05, 0.1) is 12.9 Å². The molecular weight excluding hydrogens is 412 g/mol. The van der Waals surface area contributed by atoms with Gasteiger partial charge in [-0.2, -0.15) is 9.97 Å². The number of rotatable bonds is 5. The first-order chi connectivity index (χ1) is 16.2. The lowest BCUT2D eigenvalue weighted by molar-refractivity contribution is 0.268. The number of nitrogens with zero attached hydrogens (tertiary/aromatic N) is 4. The van der Waals surface area contributed by atoms with Gasteiger partial charge in [0, 0.05) is 43.5 Å². The maximum atomic E-state index is 4.77. The van der Waals surface area contributed by atoms with E-state index in [2.05, 4.69) is 72.8 Å². The van der Waals surface area contributed by atoms with E-state index < -0.39 is 0 Å². The van der Waals surface area contributed by atoms with Crippen molar-refractivity contribution in [2.75, 3.05) is 43.4 Å². The second-order valence-corrected chi connectivity index (χ2v) is 8.96. The summed E-state index contributed by atoms with van der Waals surface area (Å²) in [5.74, 6) is 7.98. The molecule has 8 heteroatoms. The lowest BCUT2D eigenvalue weighted by Crippen LogP contribution is -2.43. The number of aryl methyl sites for hydroxylation is 1. The maximum absolute atomic E-state index is 4.77. The van der Waals surface area contributed by atoms with E-state index in [1.165, 1.54) is 32.1 Å². The molecule has 2 aromatic heterocycles. The Morgan fingerprint density at radius 2 is 1.97 bits per heavy atom. The molecule has 0 unspecified atom stereocenters. The molecule has 33 heavy (non-hydrogen) atoms. The smallest absolute Gasteiger partial charge is 0.231 e. The highest BCUT2D eigenvalue weighted by atomic mass is 15.2. The van der Waals surface area contributed by atoms with Crippen LogP contribution in [0.3, 0.4) is 0 Å². The third-order valence-corrected chi connectivity index (χ3v) is 6.44. The number of aromatic nitrogens is 4. The minimum atomic E-state index is 0.446. The molecule has 1 aliphatic carbocycles. The van der Waals surface area contributed by atoms with E-state index in [9.17, 15) is 0 Å². The molecule has 1 saturated heterocycles. The molecule has 0 radical (unpaired) electrons. The van der Waals surface area contributed by atoms with Gasteiger partial charge in [0.15, 0.2) is 11.5 Å². The van der Waals surface area contributed by atoms with Crippen LogP contribution in [0.4, 0.5) is 17.5 Å². The van der Waals surface area contributed by atoms with Gasteiger partial charge in [0.2, 0.25) is 5.95 Å². The Morgan fingerprint density at radius 1 is 1.12 bits per heavy atom. The Balaban J connectivity index is 1.30. The monoisotopic (exact) mass is 444 g/mol. The van der Waals surface area contributed by atoms with Gasteiger partial charge in [-0.15, -0.1) is 0 Å². The van der Waals surface area contributed by atoms with E-state index >= 15 is 0 Å². The van der Waals surface area contributed by atoms with Crippen molar-refractivity contribution >= 4 is 28.6 Å². The largest absolute Gasteiger partial charge is 0.365 e. The average Bonchev–Trinajstić information content (AvgIpc) is 3.31. The molecule has 2 fully saturated rings. The Kier molecular flexibility index (Phi) is 6.70. The second-order valence-electron chi connectivity index (χ2n) is 8.96. The fourth-order valence-electron chi connectivity index (χ4n) is 4.56. The minimum Gasteiger partial charge on any atom is -0.365 e. The van der Waals surface area contributed by atoms with Crippen LogP contribution in [0.5, 0.6) is 0 Å². The van der Waals surface area contributed by atoms with Crippen LogP contribution in [0, 0.1) is 18.8 Å². The standard InChI is InChI=1S/C25H32N8/c1-18-16-19(6-5-13-33-14-11-26-12-15-33)9-10-21(18)30-25-31-23-22(27-17-28-23)24(32-25)29-20-7-3-2-4-8-20/h9-10,16-17,20,26H,2-4,7-8,11-15H2,1H3,(H3,27,28,29,30,31,32). The van der Waals surface area contributed by atoms with Gasteiger partial charge < -0.3 is 20.9 Å². The van der Waals surface area contributed by atoms with Crippen LogP contribution < -0.4 is 16.0 Å². The first-order valence-corrected chi connectivity index (χ1v) is 12.0. The van der Waals surface area contributed by atoms with Crippen LogP contribution in [0.1, 0.15) is 43.2 Å². The molecule has 3 aromatic rings. The van der Waals surface area contributed by atoms with Gasteiger partial charge in [-0.3, -0.25) is 4.90 Å². The zero-order chi connectivity index (χ0) is 22.5. The summed E-state index contributed by atoms with van der Waals surface area (Å²) in [5.41, 5.74) is 4.64. The first-order valence-electron chi connectivity index (χ1n) is 12.0. The molecule has 3 heterocycles. The van der Waals surface area contributed by atoms with Crippen LogP contribution >= 0.6 is 0 Å². The molecule has 1 aliphatic heterocycles. The third-order valence-electron chi connectivity index (χ3n) is 6.44. The molecule has 0 atom stereocenters. The van der Waals surface area contributed by atoms with Gasteiger partial charge in [-0.25, -0.2) is 4.98 Å². The van der Waals surface area contributed by atoms with Crippen molar-refractivity contribution in [2.24, 2.45) is 0 Å². The summed E-state index contributed by atoms with van der Waals surface area (Å²) >= 11 is 0. The summed E-state index contributed by atoms with van der Waals surface area (Å²) in [6, 6.07) is 6.67. The lowest BCUT2D eigenvalue weighted by atomic mass is 9.95. The topological polar surface area (TPSA) is 93.8 Å². The number of nitrogens with one attached hydrogen (secondary N) is 4. The Labute approximate surface area is 195 Å². The van der Waals surface area contributed by atoms with Gasteiger partial charge >= 0.3 is 0 Å². The van der Waals surface area contributed by atoms with Crippen LogP contribution in [0.2, 0.25) is 0 Å². The summed E-state index contributed by atoms with van der Waals surface area (Å²) in [6.45, 7) is 7.12. The number of hydrogen-bond donors (Lipinski definition) is 4. The number of fused-ring (bicyclic) bond motifs is 1. The van der Waals surface area contributed by atoms with Gasteiger partial charge in [-0.1, -0.05) is 31.1 Å². The Hall–Kier alpha value is -3.15. The summed E-state index contributed by atoms with van der Waals surface area (Å²) in [6.07, 6.45) is 7.88. The van der Waals surface area contributed by atoms with Crippen molar-refractivity contribution in [1.29, 1.82) is 0 Å². The molecule has 8 nitrogen and oxygen atoms in total. The lowest BCUT2D eigenvalue weighted by Gasteiger charge is -2.24. The number of imidazole rings is 1. The highest BCUT2D eigenvalue weighted by Crippen LogP contribution is 2.26. The molecular formula is C25H32N8. The zero-order valence-electron chi connectivity index (χ0n) is 19.2. The number of H-pyrrole nitrogens is 1. The van der Waals surface area contributed by atoms with Crippen LogP contribution in [-0.2, 0) is 0 Å². The van der Waals surface area contributed by atoms with Gasteiger partial charge in [0.25, 0.3) is 0 Å². The van der Waals surface area contributed by atoms with Gasteiger partial charge in [-0.05, 0) is 43.5 Å². The number of hydrogen-bond acceptors (Lipinski definition) is 7. The first kappa shape index (κ1) is 21.7. The van der Waals surface area contributed by atoms with E-state index in [-0.39, 0.29) is 0 Å². The third kappa shape index (κ3) is 5.44. The Morgan fingerprint density at radius 3 is 2.79 bits per heavy atom. The SMILES string of the molecule is Cc1cc(C#CCN2CCNCC2)ccc1Nc1nc(NC2CCCCC2)c2nc[nH]c2n1. The van der Waals surface area contributed by atoms with Crippen LogP contribution in [0.15, 0.2) is 24.5 Å². The fraction of sp³-hybridized carbons (Fsp3) is 0.480. The maximum Gasteiger partial charge on any atom is 0.231 e. The molecule has 0 spiro atoms. The number of piperazine rings is 1. The second kappa shape index (κ2) is 10.2. The minimum absolute atomic E-state index is 0.446. The summed E-state index contributed by atoms with van der Waals surface area (Å²) in [4.78, 5) is 19.3. The molecule has 0 amide bonds. The highest BCUT2D eigenvalue weighted by molar-refractivity contribution is 5.84. The zero-order valence-corrected chi connectivity index (χ0v) is 19.2. The molecule has 0 bridgehead atoms. The predicted molar refractivity (Wildman–Crippen MR) is 133 cm³/mol. The van der Waals surface area contributed by atoms with Crippen molar-refractivity contribution in [3.63, 3.8) is 0 Å². The number of aromatic amines is 1. The van der Waals surface area contributed by atoms with E-state index in [1.54, 1.807) is 6.33 Å². The van der Waals surface area contributed by atoms with E-state index in [0.717, 1.165) is 66.5 Å². The molecule has 4 N–H and O–H groups in total. The molecule has 172 valence electrons. The molecule has 2 aliphatic rings. The Bertz CT molecular complexity index is 1150. The number of benzene rings is 1. The van der Waals surface area contributed by atoms with Gasteiger partial charge in [0.1, 0.15) is 5.52 Å². The van der Waals surface area contributed by atoms with Crippen LogP contribution in [-0.4, -0.2) is 63.6 Å². The fourth-order valence-corrected chi connectivity index (χ4v) is 4.56. The van der Waals surface area contributed by atoms with Crippen molar-refractivity contribution in [2.45, 2.75) is 45.1 Å². The van der Waals surface area contributed by atoms with Crippen molar-refractivity contribution < 1.29 is 0 Å². The van der Waals surface area contributed by atoms with Crippen molar-refractivity contribution in [3.8, 4) is 11.8 Å². The highest BCUT2D eigenvalue weighted by Gasteiger charge is 2.17. The summed E-state index contributed by atoms with van der Waals surface area (Å²) < 4.78 is 0. The molecule has 1 saturated carbocycles. The quantitative estimate of drug-likeness (QED) is 0.448. The normalized spacial score (nSPS) is 17.5. The molecule has 5 rings (SSSR count). The predicted octanol–water partition coefficient (Wildman–Crippen LogP) is 3.41. The molecule has 1 aromatic carbocycles. The van der Waals surface area contributed by atoms with Crippen LogP contribution in [0.25, 0.3) is 11.2 Å². The summed E-state index contributed by atoms with van der Waals surface area (Å²) in [5, 5.41) is 10.4. The van der Waals surface area contributed by atoms with Crippen molar-refractivity contribution in [3.05, 3.63) is 35.7 Å². The average molecular weight is 445 g/mol. The van der Waals surface area contributed by atoms with Crippen molar-refractivity contribution in [1.82, 2.24) is 30.2 Å². The van der Waals surface area contributed by atoms with E-state index in [0.29, 0.717) is 12.0 Å². The van der Waals surface area contributed by atoms with E-state index in [1.807, 2.05) is 0 Å².